The Morgan fingerprint density at radius 2 is 1.26 bits per heavy atom. The number of hydrogen-bond donors (Lipinski definition) is 0. The molecular formula is C42H27N3O2. The van der Waals surface area contributed by atoms with Gasteiger partial charge in [0, 0.05) is 27.1 Å². The molecule has 0 saturated carbocycles. The van der Waals surface area contributed by atoms with Crippen LogP contribution in [0.1, 0.15) is 10.4 Å². The Bertz CT molecular complexity index is 2690. The van der Waals surface area contributed by atoms with Gasteiger partial charge < -0.3 is 4.74 Å². The number of rotatable bonds is 4. The first-order valence-electron chi connectivity index (χ1n) is 15.6. The van der Waals surface area contributed by atoms with Crippen molar-refractivity contribution in [2.75, 3.05) is 7.11 Å². The SMILES string of the molecule is COC(=O)c1ccccc1-c1ccc2c(c1)c1c3ccccc3ccc1n2-c1nc(-c2ccccc2)c2ccc3ccccc3c2n1. The van der Waals surface area contributed by atoms with Crippen LogP contribution in [-0.2, 0) is 4.74 Å². The van der Waals surface area contributed by atoms with E-state index in [9.17, 15) is 4.79 Å². The number of aromatic nitrogens is 3. The minimum absolute atomic E-state index is 0.362. The van der Waals surface area contributed by atoms with E-state index in [1.807, 2.05) is 42.5 Å². The maximum Gasteiger partial charge on any atom is 0.338 e. The van der Waals surface area contributed by atoms with E-state index in [1.165, 1.54) is 7.11 Å². The zero-order valence-corrected chi connectivity index (χ0v) is 25.5. The Morgan fingerprint density at radius 1 is 0.574 bits per heavy atom. The lowest BCUT2D eigenvalue weighted by atomic mass is 9.97. The predicted octanol–water partition coefficient (Wildman–Crippen LogP) is 10.2. The molecule has 0 saturated heterocycles. The Kier molecular flexibility index (Phi) is 6.12. The van der Waals surface area contributed by atoms with Crippen LogP contribution in [0.2, 0.25) is 0 Å². The van der Waals surface area contributed by atoms with Crippen LogP contribution in [0.3, 0.4) is 0 Å². The first kappa shape index (κ1) is 27.0. The first-order valence-corrected chi connectivity index (χ1v) is 15.6. The average molecular weight is 606 g/mol. The van der Waals surface area contributed by atoms with Crippen LogP contribution >= 0.6 is 0 Å². The molecule has 2 heterocycles. The summed E-state index contributed by atoms with van der Waals surface area (Å²) in [6, 6.07) is 49.7. The van der Waals surface area contributed by atoms with E-state index >= 15 is 0 Å². The van der Waals surface area contributed by atoms with Crippen molar-refractivity contribution >= 4 is 60.2 Å². The van der Waals surface area contributed by atoms with Crippen molar-refractivity contribution in [1.82, 2.24) is 14.5 Å². The van der Waals surface area contributed by atoms with Gasteiger partial charge in [0.05, 0.1) is 34.9 Å². The third-order valence-corrected chi connectivity index (χ3v) is 9.12. The van der Waals surface area contributed by atoms with Gasteiger partial charge in [0.1, 0.15) is 0 Å². The summed E-state index contributed by atoms with van der Waals surface area (Å²) in [5.41, 5.74) is 7.10. The summed E-state index contributed by atoms with van der Waals surface area (Å²) in [6.45, 7) is 0. The van der Waals surface area contributed by atoms with E-state index in [0.717, 1.165) is 76.6 Å². The second-order valence-electron chi connectivity index (χ2n) is 11.7. The smallest absolute Gasteiger partial charge is 0.338 e. The third-order valence-electron chi connectivity index (χ3n) is 9.12. The van der Waals surface area contributed by atoms with Crippen molar-refractivity contribution in [3.63, 3.8) is 0 Å². The van der Waals surface area contributed by atoms with Crippen LogP contribution < -0.4 is 0 Å². The number of carbonyl (C=O) groups excluding carboxylic acids is 1. The third kappa shape index (κ3) is 4.21. The Balaban J connectivity index is 1.41. The van der Waals surface area contributed by atoms with E-state index in [2.05, 4.69) is 108 Å². The fraction of sp³-hybridized carbons (Fsp3) is 0.0238. The summed E-state index contributed by atoms with van der Waals surface area (Å²) in [5, 5.41) is 7.67. The Hall–Kier alpha value is -6.33. The lowest BCUT2D eigenvalue weighted by molar-refractivity contribution is 0.0601. The molecule has 0 aliphatic heterocycles. The summed E-state index contributed by atoms with van der Waals surface area (Å²) in [7, 11) is 1.42. The minimum atomic E-state index is -0.362. The maximum atomic E-state index is 12.8. The lowest BCUT2D eigenvalue weighted by Gasteiger charge is -2.13. The van der Waals surface area contributed by atoms with Gasteiger partial charge in [-0.15, -0.1) is 0 Å². The van der Waals surface area contributed by atoms with E-state index in [0.29, 0.717) is 11.5 Å². The van der Waals surface area contributed by atoms with Gasteiger partial charge >= 0.3 is 5.97 Å². The zero-order valence-electron chi connectivity index (χ0n) is 25.5. The lowest BCUT2D eigenvalue weighted by Crippen LogP contribution is -2.04. The van der Waals surface area contributed by atoms with Crippen molar-refractivity contribution in [1.29, 1.82) is 0 Å². The molecule has 0 spiro atoms. The second kappa shape index (κ2) is 10.6. The van der Waals surface area contributed by atoms with Crippen molar-refractivity contribution in [2.24, 2.45) is 0 Å². The number of methoxy groups -OCH3 is 1. The van der Waals surface area contributed by atoms with E-state index < -0.39 is 0 Å². The summed E-state index contributed by atoms with van der Waals surface area (Å²) < 4.78 is 7.31. The fourth-order valence-electron chi connectivity index (χ4n) is 6.96. The van der Waals surface area contributed by atoms with Crippen molar-refractivity contribution in [3.05, 3.63) is 151 Å². The molecule has 0 amide bonds. The molecule has 47 heavy (non-hydrogen) atoms. The molecule has 9 aromatic rings. The molecule has 222 valence electrons. The van der Waals surface area contributed by atoms with Gasteiger partial charge in [0.15, 0.2) is 0 Å². The second-order valence-corrected chi connectivity index (χ2v) is 11.7. The molecule has 5 heteroatoms. The Labute approximate surface area is 270 Å². The molecule has 7 aromatic carbocycles. The number of fused-ring (bicyclic) bond motifs is 8. The van der Waals surface area contributed by atoms with Gasteiger partial charge in [-0.05, 0) is 57.6 Å². The molecule has 0 aliphatic rings. The molecule has 2 aromatic heterocycles. The largest absolute Gasteiger partial charge is 0.465 e. The summed E-state index contributed by atoms with van der Waals surface area (Å²) in [5.74, 6) is 0.240. The summed E-state index contributed by atoms with van der Waals surface area (Å²) in [6.07, 6.45) is 0. The van der Waals surface area contributed by atoms with E-state index in [1.54, 1.807) is 0 Å². The molecule has 0 N–H and O–H groups in total. The highest BCUT2D eigenvalue weighted by Crippen LogP contribution is 2.40. The standard InChI is InChI=1S/C42H27N3O2/c1-47-41(46)33-18-10-9-15-30(33)29-21-23-36-35(25-29)38-31-16-7-5-11-26(31)20-24-37(38)45(36)42-43-39(28-13-3-2-4-14-28)34-22-19-27-12-6-8-17-32(27)40(34)44-42/h2-25H,1H3. The minimum Gasteiger partial charge on any atom is -0.465 e. The van der Waals surface area contributed by atoms with Crippen LogP contribution in [-0.4, -0.2) is 27.6 Å². The molecule has 5 nitrogen and oxygen atoms in total. The normalized spacial score (nSPS) is 11.6. The molecule has 0 aliphatic carbocycles. The van der Waals surface area contributed by atoms with Gasteiger partial charge in [-0.2, -0.15) is 0 Å². The van der Waals surface area contributed by atoms with Crippen LogP contribution in [0, 0.1) is 0 Å². The molecule has 9 rings (SSSR count). The average Bonchev–Trinajstić information content (AvgIpc) is 3.48. The number of ether oxygens (including phenoxy) is 1. The zero-order chi connectivity index (χ0) is 31.5. The van der Waals surface area contributed by atoms with E-state index in [4.69, 9.17) is 14.7 Å². The Morgan fingerprint density at radius 3 is 2.09 bits per heavy atom. The maximum absolute atomic E-state index is 12.8. The van der Waals surface area contributed by atoms with Crippen LogP contribution in [0.15, 0.2) is 146 Å². The van der Waals surface area contributed by atoms with Crippen molar-refractivity contribution < 1.29 is 9.53 Å². The number of nitrogens with zero attached hydrogens (tertiary/aromatic N) is 3. The monoisotopic (exact) mass is 605 g/mol. The van der Waals surface area contributed by atoms with Crippen molar-refractivity contribution in [3.8, 4) is 28.3 Å². The van der Waals surface area contributed by atoms with Crippen LogP contribution in [0.25, 0.3) is 82.6 Å². The van der Waals surface area contributed by atoms with Gasteiger partial charge in [0.25, 0.3) is 0 Å². The highest BCUT2D eigenvalue weighted by atomic mass is 16.5. The molecule has 0 radical (unpaired) electrons. The quantitative estimate of drug-likeness (QED) is 0.148. The van der Waals surface area contributed by atoms with Crippen molar-refractivity contribution in [2.45, 2.75) is 0 Å². The molecule has 0 fully saturated rings. The highest BCUT2D eigenvalue weighted by Gasteiger charge is 2.21. The number of benzene rings is 7. The predicted molar refractivity (Wildman–Crippen MR) is 191 cm³/mol. The fourth-order valence-corrected chi connectivity index (χ4v) is 6.96. The highest BCUT2D eigenvalue weighted by molar-refractivity contribution is 6.22. The van der Waals surface area contributed by atoms with Gasteiger partial charge in [-0.3, -0.25) is 4.57 Å². The summed E-state index contributed by atoms with van der Waals surface area (Å²) in [4.78, 5) is 23.4. The molecular weight excluding hydrogens is 578 g/mol. The molecule has 0 atom stereocenters. The molecule has 0 unspecified atom stereocenters. The van der Waals surface area contributed by atoms with Gasteiger partial charge in [0.2, 0.25) is 5.95 Å². The van der Waals surface area contributed by atoms with Gasteiger partial charge in [-0.1, -0.05) is 115 Å². The number of hydrogen-bond acceptors (Lipinski definition) is 4. The summed E-state index contributed by atoms with van der Waals surface area (Å²) >= 11 is 0. The topological polar surface area (TPSA) is 57.0 Å². The molecule has 0 bridgehead atoms. The van der Waals surface area contributed by atoms with Gasteiger partial charge in [-0.25, -0.2) is 14.8 Å². The van der Waals surface area contributed by atoms with Crippen LogP contribution in [0.5, 0.6) is 0 Å². The first-order chi connectivity index (χ1) is 23.2. The van der Waals surface area contributed by atoms with E-state index in [-0.39, 0.29) is 5.97 Å². The number of carbonyl (C=O) groups is 1. The number of esters is 1. The van der Waals surface area contributed by atoms with Crippen LogP contribution in [0.4, 0.5) is 0 Å².